The van der Waals surface area contributed by atoms with Gasteiger partial charge in [-0.25, -0.2) is 8.42 Å². The van der Waals surface area contributed by atoms with Crippen molar-refractivity contribution in [1.82, 2.24) is 14.5 Å². The van der Waals surface area contributed by atoms with Gasteiger partial charge in [0, 0.05) is 19.6 Å². The maximum atomic E-state index is 13.5. The first kappa shape index (κ1) is 28.2. The van der Waals surface area contributed by atoms with Crippen LogP contribution in [0.15, 0.2) is 47.4 Å². The lowest BCUT2D eigenvalue weighted by Crippen LogP contribution is -2.59. The molecule has 2 aromatic carbocycles. The van der Waals surface area contributed by atoms with Crippen LogP contribution in [0.5, 0.6) is 0 Å². The molecule has 0 aliphatic carbocycles. The summed E-state index contributed by atoms with van der Waals surface area (Å²) >= 11 is 12.0. The second kappa shape index (κ2) is 10.4. The quantitative estimate of drug-likeness (QED) is 0.489. The summed E-state index contributed by atoms with van der Waals surface area (Å²) in [6.45, 7) is 4.14. The van der Waals surface area contributed by atoms with E-state index < -0.39 is 33.5 Å². The van der Waals surface area contributed by atoms with Crippen molar-refractivity contribution in [3.8, 4) is 0 Å². The number of halogens is 5. The summed E-state index contributed by atoms with van der Waals surface area (Å²) in [5.41, 5.74) is -1.29. The molecule has 12 heteroatoms. The number of alkyl halides is 3. The van der Waals surface area contributed by atoms with Gasteiger partial charge in [-0.1, -0.05) is 55.6 Å². The SMILES string of the molecule is CC[C@@H](C)[C@H]1NC2(CCN(S(=O)(=O)c3ccc(Cl)c(Cl)c3)CC2)N(Cc2cccc(C(F)(F)F)c2)C1=O. The Labute approximate surface area is 224 Å². The molecule has 2 fully saturated rings. The minimum Gasteiger partial charge on any atom is -0.319 e. The third-order valence-electron chi connectivity index (χ3n) is 7.36. The molecule has 0 radical (unpaired) electrons. The number of piperidine rings is 1. The first-order chi connectivity index (χ1) is 17.3. The van der Waals surface area contributed by atoms with Crippen LogP contribution in [0.1, 0.15) is 44.2 Å². The van der Waals surface area contributed by atoms with Gasteiger partial charge in [0.2, 0.25) is 15.9 Å². The molecule has 2 aliphatic rings. The first-order valence-corrected chi connectivity index (χ1v) is 14.2. The fourth-order valence-electron chi connectivity index (χ4n) is 4.98. The average Bonchev–Trinajstić information content (AvgIpc) is 3.11. The van der Waals surface area contributed by atoms with E-state index in [1.54, 1.807) is 11.0 Å². The number of benzene rings is 2. The number of nitrogens with zero attached hydrogens (tertiary/aromatic N) is 2. The van der Waals surface area contributed by atoms with Crippen LogP contribution >= 0.6 is 23.2 Å². The summed E-state index contributed by atoms with van der Waals surface area (Å²) in [6.07, 6.45) is -3.20. The van der Waals surface area contributed by atoms with Crippen LogP contribution < -0.4 is 5.32 Å². The van der Waals surface area contributed by atoms with E-state index in [1.807, 2.05) is 13.8 Å². The molecule has 1 spiro atoms. The van der Waals surface area contributed by atoms with Gasteiger partial charge in [-0.05, 0) is 54.7 Å². The third-order valence-corrected chi connectivity index (χ3v) is 9.99. The van der Waals surface area contributed by atoms with Crippen molar-refractivity contribution in [3.63, 3.8) is 0 Å². The van der Waals surface area contributed by atoms with Crippen molar-refractivity contribution < 1.29 is 26.4 Å². The minimum absolute atomic E-state index is 0.00569. The molecule has 0 saturated carbocycles. The van der Waals surface area contributed by atoms with E-state index >= 15 is 0 Å². The van der Waals surface area contributed by atoms with Crippen LogP contribution in [0.2, 0.25) is 10.0 Å². The zero-order valence-corrected chi connectivity index (χ0v) is 22.7. The summed E-state index contributed by atoms with van der Waals surface area (Å²) < 4.78 is 67.7. The Bertz CT molecular complexity index is 1280. The lowest BCUT2D eigenvalue weighted by atomic mass is 9.96. The number of rotatable bonds is 6. The number of amides is 1. The highest BCUT2D eigenvalue weighted by Crippen LogP contribution is 2.38. The summed E-state index contributed by atoms with van der Waals surface area (Å²) in [5.74, 6) is -0.193. The molecular formula is C25H28Cl2F3N3O3S. The van der Waals surface area contributed by atoms with Crippen molar-refractivity contribution in [2.75, 3.05) is 13.1 Å². The van der Waals surface area contributed by atoms with Crippen molar-refractivity contribution in [1.29, 1.82) is 0 Å². The predicted molar refractivity (Wildman–Crippen MR) is 136 cm³/mol. The van der Waals surface area contributed by atoms with Gasteiger partial charge in [0.1, 0.15) is 0 Å². The molecule has 202 valence electrons. The molecule has 4 rings (SSSR count). The fourth-order valence-corrected chi connectivity index (χ4v) is 6.82. The first-order valence-electron chi connectivity index (χ1n) is 12.0. The van der Waals surface area contributed by atoms with Crippen molar-refractivity contribution in [3.05, 3.63) is 63.6 Å². The molecule has 2 heterocycles. The number of sulfonamides is 1. The Morgan fingerprint density at radius 3 is 2.38 bits per heavy atom. The Morgan fingerprint density at radius 2 is 1.78 bits per heavy atom. The standard InChI is InChI=1S/C25H28Cl2F3N3O3S/c1-3-16(2)22-23(34)33(15-17-5-4-6-18(13-17)25(28,29)30)24(31-22)9-11-32(12-10-24)37(35,36)19-7-8-20(26)21(27)14-19/h4-8,13-14,16,22,31H,3,9-12,15H2,1-2H3/t16-,22-/m1/s1. The van der Waals surface area contributed by atoms with E-state index in [9.17, 15) is 26.4 Å². The molecule has 0 unspecified atom stereocenters. The summed E-state index contributed by atoms with van der Waals surface area (Å²) in [5, 5.41) is 3.82. The number of carbonyl (C=O) groups is 1. The maximum absolute atomic E-state index is 13.5. The summed E-state index contributed by atoms with van der Waals surface area (Å²) in [4.78, 5) is 15.1. The van der Waals surface area contributed by atoms with E-state index in [2.05, 4.69) is 5.32 Å². The van der Waals surface area contributed by atoms with Crippen LogP contribution in [0.25, 0.3) is 0 Å². The smallest absolute Gasteiger partial charge is 0.319 e. The van der Waals surface area contributed by atoms with Gasteiger partial charge in [-0.15, -0.1) is 0 Å². The van der Waals surface area contributed by atoms with Gasteiger partial charge < -0.3 is 4.90 Å². The number of hydrogen-bond donors (Lipinski definition) is 1. The molecule has 1 N–H and O–H groups in total. The number of carbonyl (C=O) groups excluding carboxylic acids is 1. The van der Waals surface area contributed by atoms with Crippen molar-refractivity contribution in [2.45, 2.75) is 62.4 Å². The molecule has 2 aliphatic heterocycles. The molecule has 0 bridgehead atoms. The molecular weight excluding hydrogens is 550 g/mol. The monoisotopic (exact) mass is 577 g/mol. The molecule has 2 atom stereocenters. The Balaban J connectivity index is 1.60. The third kappa shape index (κ3) is 5.49. The van der Waals surface area contributed by atoms with Gasteiger partial charge in [-0.2, -0.15) is 17.5 Å². The van der Waals surface area contributed by atoms with Crippen LogP contribution in [0.4, 0.5) is 13.2 Å². The maximum Gasteiger partial charge on any atom is 0.416 e. The Hall–Kier alpha value is -1.85. The normalized spacial score (nSPS) is 21.5. The van der Waals surface area contributed by atoms with E-state index in [-0.39, 0.29) is 59.2 Å². The number of hydrogen-bond acceptors (Lipinski definition) is 4. The lowest BCUT2D eigenvalue weighted by molar-refractivity contribution is -0.137. The highest BCUT2D eigenvalue weighted by atomic mass is 35.5. The Morgan fingerprint density at radius 1 is 1.11 bits per heavy atom. The molecule has 2 saturated heterocycles. The fraction of sp³-hybridized carbons (Fsp3) is 0.480. The molecule has 37 heavy (non-hydrogen) atoms. The van der Waals surface area contributed by atoms with Crippen molar-refractivity contribution in [2.24, 2.45) is 5.92 Å². The second-order valence-corrected chi connectivity index (χ2v) is 12.4. The number of nitrogens with one attached hydrogen (secondary N) is 1. The van der Waals surface area contributed by atoms with Gasteiger partial charge in [0.25, 0.3) is 0 Å². The van der Waals surface area contributed by atoms with Gasteiger partial charge in [-0.3, -0.25) is 10.1 Å². The second-order valence-electron chi connectivity index (χ2n) is 9.64. The van der Waals surface area contributed by atoms with E-state index in [4.69, 9.17) is 23.2 Å². The Kier molecular flexibility index (Phi) is 7.90. The van der Waals surface area contributed by atoms with Crippen LogP contribution in [0, 0.1) is 5.92 Å². The topological polar surface area (TPSA) is 69.7 Å². The van der Waals surface area contributed by atoms with Crippen LogP contribution in [0.3, 0.4) is 0 Å². The highest BCUT2D eigenvalue weighted by molar-refractivity contribution is 7.89. The van der Waals surface area contributed by atoms with E-state index in [1.165, 1.54) is 28.6 Å². The zero-order chi connectivity index (χ0) is 27.2. The van der Waals surface area contributed by atoms with Crippen LogP contribution in [-0.2, 0) is 27.5 Å². The van der Waals surface area contributed by atoms with Crippen LogP contribution in [-0.4, -0.2) is 48.3 Å². The zero-order valence-electron chi connectivity index (χ0n) is 20.4. The largest absolute Gasteiger partial charge is 0.416 e. The van der Waals surface area contributed by atoms with E-state index in [0.717, 1.165) is 18.6 Å². The summed E-state index contributed by atoms with van der Waals surface area (Å²) in [7, 11) is -3.86. The molecule has 1 amide bonds. The molecule has 0 aromatic heterocycles. The van der Waals surface area contributed by atoms with Gasteiger partial charge in [0.15, 0.2) is 0 Å². The molecule has 6 nitrogen and oxygen atoms in total. The van der Waals surface area contributed by atoms with Gasteiger partial charge in [0.05, 0.1) is 32.2 Å². The predicted octanol–water partition coefficient (Wildman–Crippen LogP) is 5.54. The van der Waals surface area contributed by atoms with Crippen molar-refractivity contribution >= 4 is 39.1 Å². The lowest BCUT2D eigenvalue weighted by Gasteiger charge is -2.44. The highest BCUT2D eigenvalue weighted by Gasteiger charge is 2.53. The molecule has 2 aromatic rings. The summed E-state index contributed by atoms with van der Waals surface area (Å²) in [6, 6.07) is 8.57. The minimum atomic E-state index is -4.50. The van der Waals surface area contributed by atoms with E-state index in [0.29, 0.717) is 5.56 Å². The average molecular weight is 578 g/mol. The van der Waals surface area contributed by atoms with Gasteiger partial charge >= 0.3 is 6.18 Å².